The molecule has 0 bridgehead atoms. The highest BCUT2D eigenvalue weighted by Gasteiger charge is 2.45. The lowest BCUT2D eigenvalue weighted by atomic mass is 9.95. The van der Waals surface area contributed by atoms with Crippen molar-refractivity contribution in [3.05, 3.63) is 0 Å². The summed E-state index contributed by atoms with van der Waals surface area (Å²) >= 11 is 0. The average molecular weight is 168 g/mol. The number of carbonyl (C=O) groups excluding carboxylic acids is 1. The van der Waals surface area contributed by atoms with Gasteiger partial charge in [-0.25, -0.2) is 0 Å². The van der Waals surface area contributed by atoms with Crippen molar-refractivity contribution in [3.63, 3.8) is 0 Å². The maximum Gasteiger partial charge on any atom is 0.234 e. The third-order valence-corrected chi connectivity index (χ3v) is 3.29. The molecule has 3 atom stereocenters. The first-order valence-corrected chi connectivity index (χ1v) is 4.71. The summed E-state index contributed by atoms with van der Waals surface area (Å²) < 4.78 is 0. The Morgan fingerprint density at radius 1 is 1.33 bits per heavy atom. The van der Waals surface area contributed by atoms with Crippen LogP contribution < -0.4 is 11.5 Å². The normalized spacial score (nSPS) is 40.6. The largest absolute Gasteiger partial charge is 0.368 e. The molecule has 1 amide bonds. The van der Waals surface area contributed by atoms with Gasteiger partial charge in [0.25, 0.3) is 0 Å². The van der Waals surface area contributed by atoms with E-state index in [-0.39, 0.29) is 5.91 Å². The predicted molar refractivity (Wildman–Crippen MR) is 46.1 cm³/mol. The highest BCUT2D eigenvalue weighted by atomic mass is 16.1. The summed E-state index contributed by atoms with van der Waals surface area (Å²) in [6.07, 6.45) is 4.79. The minimum atomic E-state index is -0.410. The first-order valence-electron chi connectivity index (χ1n) is 4.71. The van der Waals surface area contributed by atoms with Gasteiger partial charge in [-0.3, -0.25) is 4.79 Å². The lowest BCUT2D eigenvalue weighted by Gasteiger charge is -2.14. The summed E-state index contributed by atoms with van der Waals surface area (Å²) in [5.74, 6) is 2.26. The van der Waals surface area contributed by atoms with Gasteiger partial charge in [-0.05, 0) is 43.4 Å². The molecule has 0 aliphatic heterocycles. The molecular formula is C9H16N2O. The Hall–Kier alpha value is -0.570. The first-order chi connectivity index (χ1) is 5.66. The Morgan fingerprint density at radius 3 is 2.42 bits per heavy atom. The summed E-state index contributed by atoms with van der Waals surface area (Å²) in [6.45, 7) is 0. The quantitative estimate of drug-likeness (QED) is 0.633. The number of nitrogens with two attached hydrogens (primary N) is 2. The molecule has 2 saturated carbocycles. The number of primary amides is 1. The second-order valence-electron chi connectivity index (χ2n) is 4.34. The second kappa shape index (κ2) is 2.73. The number of amides is 1. The van der Waals surface area contributed by atoms with Crippen molar-refractivity contribution in [2.75, 3.05) is 0 Å². The Labute approximate surface area is 72.5 Å². The zero-order valence-electron chi connectivity index (χ0n) is 7.20. The highest BCUT2D eigenvalue weighted by molar-refractivity contribution is 5.79. The summed E-state index contributed by atoms with van der Waals surface area (Å²) in [4.78, 5) is 10.7. The van der Waals surface area contributed by atoms with E-state index in [9.17, 15) is 4.79 Å². The van der Waals surface area contributed by atoms with E-state index in [4.69, 9.17) is 11.5 Å². The Morgan fingerprint density at radius 2 is 1.92 bits per heavy atom. The summed E-state index contributed by atoms with van der Waals surface area (Å²) in [5.41, 5.74) is 10.7. The number of carbonyl (C=O) groups is 1. The minimum absolute atomic E-state index is 0.351. The van der Waals surface area contributed by atoms with E-state index in [1.54, 1.807) is 0 Å². The van der Waals surface area contributed by atoms with Crippen LogP contribution in [0.1, 0.15) is 25.7 Å². The van der Waals surface area contributed by atoms with Crippen molar-refractivity contribution in [3.8, 4) is 0 Å². The molecule has 3 nitrogen and oxygen atoms in total. The van der Waals surface area contributed by atoms with Gasteiger partial charge in [0.05, 0.1) is 6.04 Å². The molecule has 2 fully saturated rings. The van der Waals surface area contributed by atoms with Crippen molar-refractivity contribution >= 4 is 5.91 Å². The van der Waals surface area contributed by atoms with Crippen molar-refractivity contribution in [2.24, 2.45) is 29.2 Å². The third-order valence-electron chi connectivity index (χ3n) is 3.29. The first kappa shape index (κ1) is 8.05. The standard InChI is InChI=1S/C9H16N2O/c10-8(9(11)12)3-5-1-6-4-7(6)2-5/h5-8H,1-4,10H2,(H2,11,12). The smallest absolute Gasteiger partial charge is 0.234 e. The van der Waals surface area contributed by atoms with E-state index >= 15 is 0 Å². The van der Waals surface area contributed by atoms with Crippen LogP contribution in [-0.2, 0) is 4.79 Å². The fourth-order valence-electron chi connectivity index (χ4n) is 2.51. The highest BCUT2D eigenvalue weighted by Crippen LogP contribution is 2.55. The average Bonchev–Trinajstić information content (AvgIpc) is 2.59. The predicted octanol–water partition coefficient (Wildman–Crippen LogP) is 0.235. The monoisotopic (exact) mass is 168 g/mol. The molecule has 12 heavy (non-hydrogen) atoms. The van der Waals surface area contributed by atoms with Crippen LogP contribution in [0.4, 0.5) is 0 Å². The van der Waals surface area contributed by atoms with E-state index in [0.717, 1.165) is 18.3 Å². The minimum Gasteiger partial charge on any atom is -0.368 e. The number of fused-ring (bicyclic) bond motifs is 1. The van der Waals surface area contributed by atoms with Crippen LogP contribution in [-0.4, -0.2) is 11.9 Å². The van der Waals surface area contributed by atoms with E-state index in [2.05, 4.69) is 0 Å². The molecule has 0 aromatic heterocycles. The molecular weight excluding hydrogens is 152 g/mol. The maximum absolute atomic E-state index is 10.7. The van der Waals surface area contributed by atoms with E-state index < -0.39 is 6.04 Å². The Balaban J connectivity index is 1.76. The van der Waals surface area contributed by atoms with Crippen LogP contribution in [0.5, 0.6) is 0 Å². The van der Waals surface area contributed by atoms with Gasteiger partial charge in [0.1, 0.15) is 0 Å². The van der Waals surface area contributed by atoms with Gasteiger partial charge in [-0.15, -0.1) is 0 Å². The summed E-state index contributed by atoms with van der Waals surface area (Å²) in [7, 11) is 0. The van der Waals surface area contributed by atoms with E-state index in [0.29, 0.717) is 5.92 Å². The maximum atomic E-state index is 10.7. The second-order valence-corrected chi connectivity index (χ2v) is 4.34. The van der Waals surface area contributed by atoms with Crippen LogP contribution in [0.2, 0.25) is 0 Å². The van der Waals surface area contributed by atoms with Crippen LogP contribution in [0.3, 0.4) is 0 Å². The fraction of sp³-hybridized carbons (Fsp3) is 0.889. The van der Waals surface area contributed by atoms with Crippen molar-refractivity contribution in [1.29, 1.82) is 0 Å². The van der Waals surface area contributed by atoms with Gasteiger partial charge < -0.3 is 11.5 Å². The zero-order valence-corrected chi connectivity index (χ0v) is 7.20. The SMILES string of the molecule is NC(=O)C(N)CC1CC2CC2C1. The summed E-state index contributed by atoms with van der Waals surface area (Å²) in [5, 5.41) is 0. The van der Waals surface area contributed by atoms with Gasteiger partial charge >= 0.3 is 0 Å². The van der Waals surface area contributed by atoms with Gasteiger partial charge in [0.2, 0.25) is 5.91 Å². The lowest BCUT2D eigenvalue weighted by molar-refractivity contribution is -0.119. The molecule has 0 saturated heterocycles. The van der Waals surface area contributed by atoms with Gasteiger partial charge in [0.15, 0.2) is 0 Å². The molecule has 2 aliphatic carbocycles. The van der Waals surface area contributed by atoms with Crippen molar-refractivity contribution in [2.45, 2.75) is 31.7 Å². The molecule has 68 valence electrons. The zero-order chi connectivity index (χ0) is 8.72. The van der Waals surface area contributed by atoms with Gasteiger partial charge in [-0.2, -0.15) is 0 Å². The fourth-order valence-corrected chi connectivity index (χ4v) is 2.51. The molecule has 2 aliphatic rings. The topological polar surface area (TPSA) is 69.1 Å². The number of hydrogen-bond donors (Lipinski definition) is 2. The lowest BCUT2D eigenvalue weighted by Crippen LogP contribution is -2.37. The molecule has 0 spiro atoms. The number of rotatable bonds is 3. The van der Waals surface area contributed by atoms with E-state index in [1.165, 1.54) is 19.3 Å². The molecule has 4 N–H and O–H groups in total. The van der Waals surface area contributed by atoms with E-state index in [1.807, 2.05) is 0 Å². The third kappa shape index (κ3) is 1.46. The summed E-state index contributed by atoms with van der Waals surface area (Å²) in [6, 6.07) is -0.410. The Bertz CT molecular complexity index is 195. The molecule has 0 aromatic rings. The Kier molecular flexibility index (Phi) is 1.83. The van der Waals surface area contributed by atoms with Crippen LogP contribution in [0, 0.1) is 17.8 Å². The van der Waals surface area contributed by atoms with Crippen LogP contribution >= 0.6 is 0 Å². The molecule has 0 heterocycles. The van der Waals surface area contributed by atoms with Crippen LogP contribution in [0.25, 0.3) is 0 Å². The van der Waals surface area contributed by atoms with Crippen molar-refractivity contribution in [1.82, 2.24) is 0 Å². The van der Waals surface area contributed by atoms with Crippen molar-refractivity contribution < 1.29 is 4.79 Å². The molecule has 0 aromatic carbocycles. The molecule has 2 rings (SSSR count). The molecule has 3 heteroatoms. The number of hydrogen-bond acceptors (Lipinski definition) is 2. The van der Waals surface area contributed by atoms with Crippen LogP contribution in [0.15, 0.2) is 0 Å². The molecule has 3 unspecified atom stereocenters. The van der Waals surface area contributed by atoms with Gasteiger partial charge in [0, 0.05) is 0 Å². The van der Waals surface area contributed by atoms with Gasteiger partial charge in [-0.1, -0.05) is 0 Å². The molecule has 0 radical (unpaired) electrons.